The van der Waals surface area contributed by atoms with E-state index in [0.717, 1.165) is 49.1 Å². The number of aliphatic hydroxyl groups is 1. The second-order valence-corrected chi connectivity index (χ2v) is 7.73. The van der Waals surface area contributed by atoms with Crippen molar-refractivity contribution in [3.63, 3.8) is 0 Å². The largest absolute Gasteiger partial charge is 0.379 e. The number of aliphatic imine (C=N–C) groups is 1. The van der Waals surface area contributed by atoms with Gasteiger partial charge in [0.2, 0.25) is 0 Å². The van der Waals surface area contributed by atoms with Crippen LogP contribution in [0.4, 0.5) is 5.69 Å². The van der Waals surface area contributed by atoms with Gasteiger partial charge in [-0.1, -0.05) is 17.7 Å². The van der Waals surface area contributed by atoms with E-state index >= 15 is 0 Å². The van der Waals surface area contributed by atoms with Crippen molar-refractivity contribution in [3.8, 4) is 0 Å². The molecule has 1 N–H and O–H groups in total. The molecule has 2 aromatic rings. The van der Waals surface area contributed by atoms with Crippen LogP contribution in [-0.2, 0) is 6.42 Å². The Morgan fingerprint density at radius 1 is 1.21 bits per heavy atom. The minimum absolute atomic E-state index is 0.389. The second kappa shape index (κ2) is 6.48. The molecular formula is C18H20ClN3OS. The highest BCUT2D eigenvalue weighted by atomic mass is 35.5. The van der Waals surface area contributed by atoms with Crippen LogP contribution in [0.2, 0.25) is 5.02 Å². The molecule has 3 heterocycles. The molecule has 126 valence electrons. The molecule has 1 aromatic heterocycles. The van der Waals surface area contributed by atoms with Gasteiger partial charge >= 0.3 is 0 Å². The number of rotatable bonds is 1. The summed E-state index contributed by atoms with van der Waals surface area (Å²) < 4.78 is 0. The molecule has 1 aromatic carbocycles. The zero-order valence-corrected chi connectivity index (χ0v) is 15.1. The quantitative estimate of drug-likeness (QED) is 0.846. The van der Waals surface area contributed by atoms with Crippen molar-refractivity contribution in [2.75, 3.05) is 26.2 Å². The molecule has 0 bridgehead atoms. The van der Waals surface area contributed by atoms with Crippen molar-refractivity contribution in [3.05, 3.63) is 50.7 Å². The summed E-state index contributed by atoms with van der Waals surface area (Å²) in [5.74, 6) is 1.04. The minimum Gasteiger partial charge on any atom is -0.379 e. The molecule has 2 aliphatic rings. The predicted molar refractivity (Wildman–Crippen MR) is 99.6 cm³/mol. The van der Waals surface area contributed by atoms with Crippen molar-refractivity contribution < 1.29 is 5.11 Å². The molecule has 4 rings (SSSR count). The van der Waals surface area contributed by atoms with Gasteiger partial charge in [-0.25, -0.2) is 4.99 Å². The lowest BCUT2D eigenvalue weighted by Crippen LogP contribution is -2.51. The van der Waals surface area contributed by atoms with Crippen molar-refractivity contribution in [1.29, 1.82) is 0 Å². The van der Waals surface area contributed by atoms with E-state index in [0.29, 0.717) is 0 Å². The first-order chi connectivity index (χ1) is 11.6. The Hall–Kier alpha value is -1.40. The number of benzene rings is 1. The van der Waals surface area contributed by atoms with E-state index in [2.05, 4.69) is 27.3 Å². The Kier molecular flexibility index (Phi) is 4.35. The Labute approximate surface area is 151 Å². The summed E-state index contributed by atoms with van der Waals surface area (Å²) >= 11 is 7.98. The summed E-state index contributed by atoms with van der Waals surface area (Å²) in [5.41, 5.74) is 3.43. The molecule has 1 atom stereocenters. The number of aliphatic hydroxyl groups excluding tert-OH is 1. The number of halogens is 1. The average Bonchev–Trinajstić information content (AvgIpc) is 2.97. The third-order valence-corrected chi connectivity index (χ3v) is 5.91. The van der Waals surface area contributed by atoms with Crippen LogP contribution in [0.15, 0.2) is 34.6 Å². The topological polar surface area (TPSA) is 39.1 Å². The van der Waals surface area contributed by atoms with Crippen LogP contribution in [0.25, 0.3) is 0 Å². The average molecular weight is 362 g/mol. The maximum Gasteiger partial charge on any atom is 0.137 e. The standard InChI is InChI=1S/C18H20ClN3OS/c1-12(23)21-5-7-22(8-6-21)18-15-4-9-24-17(15)10-13-2-3-14(19)11-16(13)20-18/h2-4,9,11-12,23H,5-8,10H2,1H3. The molecule has 0 saturated carbocycles. The fourth-order valence-corrected chi connectivity index (χ4v) is 4.42. The Morgan fingerprint density at radius 3 is 2.75 bits per heavy atom. The summed E-state index contributed by atoms with van der Waals surface area (Å²) in [6.07, 6.45) is 0.514. The summed E-state index contributed by atoms with van der Waals surface area (Å²) in [4.78, 5) is 10.8. The molecule has 6 heteroatoms. The molecule has 1 unspecified atom stereocenters. The van der Waals surface area contributed by atoms with E-state index in [1.54, 1.807) is 11.3 Å². The van der Waals surface area contributed by atoms with Gasteiger partial charge in [0.1, 0.15) is 12.1 Å². The molecule has 2 aliphatic heterocycles. The highest BCUT2D eigenvalue weighted by Crippen LogP contribution is 2.34. The van der Waals surface area contributed by atoms with Gasteiger partial charge < -0.3 is 10.0 Å². The zero-order chi connectivity index (χ0) is 16.7. The fraction of sp³-hybridized carbons (Fsp3) is 0.389. The summed E-state index contributed by atoms with van der Waals surface area (Å²) in [6, 6.07) is 8.15. The van der Waals surface area contributed by atoms with Gasteiger partial charge in [0.15, 0.2) is 0 Å². The van der Waals surface area contributed by atoms with Gasteiger partial charge in [0, 0.05) is 48.1 Å². The van der Waals surface area contributed by atoms with E-state index in [1.807, 2.05) is 19.1 Å². The van der Waals surface area contributed by atoms with Crippen LogP contribution >= 0.6 is 22.9 Å². The SMILES string of the molecule is CC(O)N1CCN(C2=Nc3cc(Cl)ccc3Cc3sccc32)CC1. The zero-order valence-electron chi connectivity index (χ0n) is 13.6. The van der Waals surface area contributed by atoms with E-state index in [1.165, 1.54) is 16.0 Å². The molecule has 0 spiro atoms. The molecule has 4 nitrogen and oxygen atoms in total. The van der Waals surface area contributed by atoms with Crippen molar-refractivity contribution in [2.45, 2.75) is 19.6 Å². The van der Waals surface area contributed by atoms with Gasteiger partial charge in [0.25, 0.3) is 0 Å². The summed E-state index contributed by atoms with van der Waals surface area (Å²) in [7, 11) is 0. The van der Waals surface area contributed by atoms with Gasteiger partial charge in [-0.15, -0.1) is 11.3 Å². The molecule has 24 heavy (non-hydrogen) atoms. The number of fused-ring (bicyclic) bond motifs is 2. The number of amidine groups is 1. The van der Waals surface area contributed by atoms with Crippen LogP contribution in [0.1, 0.15) is 22.9 Å². The Bertz CT molecular complexity index is 778. The van der Waals surface area contributed by atoms with Gasteiger partial charge in [-0.3, -0.25) is 4.90 Å². The first-order valence-corrected chi connectivity index (χ1v) is 9.48. The number of hydrogen-bond acceptors (Lipinski definition) is 5. The number of piperazine rings is 1. The Morgan fingerprint density at radius 2 is 2.00 bits per heavy atom. The highest BCUT2D eigenvalue weighted by Gasteiger charge is 2.26. The van der Waals surface area contributed by atoms with E-state index < -0.39 is 0 Å². The van der Waals surface area contributed by atoms with Crippen LogP contribution in [0.5, 0.6) is 0 Å². The first-order valence-electron chi connectivity index (χ1n) is 8.23. The third kappa shape index (κ3) is 2.97. The lowest BCUT2D eigenvalue weighted by molar-refractivity contribution is -0.00186. The monoisotopic (exact) mass is 361 g/mol. The molecule has 0 aliphatic carbocycles. The third-order valence-electron chi connectivity index (χ3n) is 4.75. The Balaban J connectivity index is 1.71. The predicted octanol–water partition coefficient (Wildman–Crippen LogP) is 3.34. The summed E-state index contributed by atoms with van der Waals surface area (Å²) in [6.45, 7) is 5.26. The van der Waals surface area contributed by atoms with Gasteiger partial charge in [-0.2, -0.15) is 0 Å². The van der Waals surface area contributed by atoms with Crippen LogP contribution in [0, 0.1) is 0 Å². The molecule has 0 radical (unpaired) electrons. The maximum atomic E-state index is 9.77. The molecule has 1 saturated heterocycles. The van der Waals surface area contributed by atoms with Crippen LogP contribution in [0.3, 0.4) is 0 Å². The normalized spacial score (nSPS) is 19.3. The lowest BCUT2D eigenvalue weighted by atomic mass is 10.1. The van der Waals surface area contributed by atoms with Crippen LogP contribution in [-0.4, -0.2) is 53.1 Å². The molecule has 0 amide bonds. The highest BCUT2D eigenvalue weighted by molar-refractivity contribution is 7.10. The van der Waals surface area contributed by atoms with Gasteiger partial charge in [0.05, 0.1) is 5.69 Å². The van der Waals surface area contributed by atoms with Crippen LogP contribution < -0.4 is 0 Å². The van der Waals surface area contributed by atoms with Crippen molar-refractivity contribution in [2.24, 2.45) is 4.99 Å². The number of thiophene rings is 1. The second-order valence-electron chi connectivity index (χ2n) is 6.30. The minimum atomic E-state index is -0.389. The van der Waals surface area contributed by atoms with E-state index in [-0.39, 0.29) is 6.23 Å². The van der Waals surface area contributed by atoms with Gasteiger partial charge in [-0.05, 0) is 36.1 Å². The number of nitrogens with zero attached hydrogens (tertiary/aromatic N) is 3. The van der Waals surface area contributed by atoms with Crippen molar-refractivity contribution in [1.82, 2.24) is 9.80 Å². The lowest BCUT2D eigenvalue weighted by Gasteiger charge is -2.37. The molecular weight excluding hydrogens is 342 g/mol. The smallest absolute Gasteiger partial charge is 0.137 e. The summed E-state index contributed by atoms with van der Waals surface area (Å²) in [5, 5.41) is 12.6. The maximum absolute atomic E-state index is 9.77. The van der Waals surface area contributed by atoms with Crippen molar-refractivity contribution >= 4 is 34.5 Å². The first kappa shape index (κ1) is 16.1. The van der Waals surface area contributed by atoms with E-state index in [4.69, 9.17) is 16.6 Å². The molecule has 1 fully saturated rings. The fourth-order valence-electron chi connectivity index (χ4n) is 3.36. The number of hydrogen-bond donors (Lipinski definition) is 1. The van der Waals surface area contributed by atoms with E-state index in [9.17, 15) is 5.11 Å².